The second-order valence-electron chi connectivity index (χ2n) is 6.95. The molecule has 1 saturated carbocycles. The van der Waals surface area contributed by atoms with Crippen LogP contribution in [0.4, 0.5) is 5.69 Å². The summed E-state index contributed by atoms with van der Waals surface area (Å²) in [5, 5.41) is 0.697. The molecule has 7 heteroatoms. The van der Waals surface area contributed by atoms with Crippen LogP contribution in [-0.4, -0.2) is 54.0 Å². The van der Waals surface area contributed by atoms with Crippen molar-refractivity contribution in [3.63, 3.8) is 0 Å². The monoisotopic (exact) mass is 381 g/mol. The smallest absolute Gasteiger partial charge is 0.261 e. The summed E-state index contributed by atoms with van der Waals surface area (Å²) in [6, 6.07) is 9.53. The Kier molecular flexibility index (Phi) is 4.13. The lowest BCUT2D eigenvalue weighted by Gasteiger charge is -2.27. The maximum Gasteiger partial charge on any atom is 0.261 e. The van der Waals surface area contributed by atoms with Crippen LogP contribution in [0, 0.1) is 0 Å². The molecule has 3 aliphatic rings. The summed E-state index contributed by atoms with van der Waals surface area (Å²) in [6.07, 6.45) is 3.73. The first-order valence-electron chi connectivity index (χ1n) is 9.20. The second kappa shape index (κ2) is 6.65. The van der Waals surface area contributed by atoms with Crippen LogP contribution in [0.3, 0.4) is 0 Å². The summed E-state index contributed by atoms with van der Waals surface area (Å²) in [6.45, 7) is 2.37. The third-order valence-corrected chi connectivity index (χ3v) is 6.17. The molecule has 0 N–H and O–H groups in total. The zero-order chi connectivity index (χ0) is 18.4. The number of morpholine rings is 1. The standard InChI is InChI=1S/C20H19N3O3S/c24-19(22-8-10-26-11-9-22)13-3-6-16-17(12-13)27-18-15(2-1-7-21-18)20(25)23(16)14-4-5-14/h1-3,6-7,12,14H,4-5,8-11H2. The van der Waals surface area contributed by atoms with Crippen molar-refractivity contribution in [2.45, 2.75) is 28.8 Å². The summed E-state index contributed by atoms with van der Waals surface area (Å²) in [4.78, 5) is 35.0. The Morgan fingerprint density at radius 3 is 2.78 bits per heavy atom. The molecule has 0 bridgehead atoms. The van der Waals surface area contributed by atoms with Gasteiger partial charge < -0.3 is 14.5 Å². The van der Waals surface area contributed by atoms with Gasteiger partial charge in [0.25, 0.3) is 11.8 Å². The highest BCUT2D eigenvalue weighted by Gasteiger charge is 2.38. The first kappa shape index (κ1) is 16.8. The van der Waals surface area contributed by atoms with Gasteiger partial charge in [0.15, 0.2) is 0 Å². The minimum atomic E-state index is -0.000828. The molecule has 2 amide bonds. The quantitative estimate of drug-likeness (QED) is 0.801. The lowest BCUT2D eigenvalue weighted by atomic mass is 10.1. The number of benzene rings is 1. The Labute approximate surface area is 161 Å². The van der Waals surface area contributed by atoms with E-state index in [0.29, 0.717) is 42.5 Å². The molecule has 0 atom stereocenters. The maximum atomic E-state index is 13.1. The van der Waals surface area contributed by atoms with E-state index in [4.69, 9.17) is 4.74 Å². The zero-order valence-corrected chi connectivity index (χ0v) is 15.6. The van der Waals surface area contributed by atoms with Crippen molar-refractivity contribution in [3.05, 3.63) is 47.7 Å². The Morgan fingerprint density at radius 1 is 1.19 bits per heavy atom. The largest absolute Gasteiger partial charge is 0.378 e. The van der Waals surface area contributed by atoms with Crippen molar-refractivity contribution >= 4 is 29.3 Å². The molecule has 2 fully saturated rings. The Bertz CT molecular complexity index is 922. The van der Waals surface area contributed by atoms with Gasteiger partial charge in [0.1, 0.15) is 5.03 Å². The lowest BCUT2D eigenvalue weighted by molar-refractivity contribution is 0.0302. The van der Waals surface area contributed by atoms with E-state index in [-0.39, 0.29) is 17.9 Å². The fraction of sp³-hybridized carbons (Fsp3) is 0.350. The number of aromatic nitrogens is 1. The van der Waals surface area contributed by atoms with Crippen LogP contribution >= 0.6 is 11.8 Å². The van der Waals surface area contributed by atoms with Crippen LogP contribution < -0.4 is 4.90 Å². The Morgan fingerprint density at radius 2 is 2.00 bits per heavy atom. The van der Waals surface area contributed by atoms with Gasteiger partial charge in [-0.25, -0.2) is 4.98 Å². The van der Waals surface area contributed by atoms with Crippen LogP contribution in [0.15, 0.2) is 46.5 Å². The number of amides is 2. The third-order valence-electron chi connectivity index (χ3n) is 5.10. The van der Waals surface area contributed by atoms with Crippen LogP contribution in [0.1, 0.15) is 33.6 Å². The molecule has 138 valence electrons. The topological polar surface area (TPSA) is 62.7 Å². The summed E-state index contributed by atoms with van der Waals surface area (Å²) in [7, 11) is 0. The average molecular weight is 381 g/mol. The molecular weight excluding hydrogens is 362 g/mol. The van der Waals surface area contributed by atoms with Crippen molar-refractivity contribution in [2.24, 2.45) is 0 Å². The molecule has 0 unspecified atom stereocenters. The highest BCUT2D eigenvalue weighted by Crippen LogP contribution is 2.44. The first-order valence-corrected chi connectivity index (χ1v) is 10.0. The van der Waals surface area contributed by atoms with Crippen molar-refractivity contribution < 1.29 is 14.3 Å². The highest BCUT2D eigenvalue weighted by atomic mass is 32.2. The van der Waals surface area contributed by atoms with Gasteiger partial charge in [0, 0.05) is 35.8 Å². The summed E-state index contributed by atoms with van der Waals surface area (Å²) in [5.41, 5.74) is 2.15. The molecule has 0 radical (unpaired) electrons. The van der Waals surface area contributed by atoms with E-state index in [9.17, 15) is 9.59 Å². The van der Waals surface area contributed by atoms with Crippen LogP contribution in [-0.2, 0) is 4.74 Å². The second-order valence-corrected chi connectivity index (χ2v) is 7.98. The van der Waals surface area contributed by atoms with Gasteiger partial charge >= 0.3 is 0 Å². The minimum Gasteiger partial charge on any atom is -0.378 e. The van der Waals surface area contributed by atoms with Crippen LogP contribution in [0.25, 0.3) is 0 Å². The molecule has 1 aliphatic carbocycles. The van der Waals surface area contributed by atoms with Gasteiger partial charge in [-0.15, -0.1) is 0 Å². The predicted molar refractivity (Wildman–Crippen MR) is 101 cm³/mol. The SMILES string of the molecule is O=C(c1ccc2c(c1)Sc1ncccc1C(=O)N2C1CC1)N1CCOCC1. The molecule has 3 heterocycles. The van der Waals surface area contributed by atoms with Crippen molar-refractivity contribution in [3.8, 4) is 0 Å². The molecule has 2 aliphatic heterocycles. The van der Waals surface area contributed by atoms with Crippen LogP contribution in [0.5, 0.6) is 0 Å². The molecule has 1 aromatic carbocycles. The van der Waals surface area contributed by atoms with Gasteiger partial charge in [-0.1, -0.05) is 11.8 Å². The van der Waals surface area contributed by atoms with E-state index in [1.54, 1.807) is 12.3 Å². The number of nitrogens with zero attached hydrogens (tertiary/aromatic N) is 3. The van der Waals surface area contributed by atoms with Gasteiger partial charge in [0.05, 0.1) is 24.5 Å². The van der Waals surface area contributed by atoms with Crippen molar-refractivity contribution in [2.75, 3.05) is 31.2 Å². The third kappa shape index (κ3) is 3.00. The van der Waals surface area contributed by atoms with E-state index >= 15 is 0 Å². The fourth-order valence-corrected chi connectivity index (χ4v) is 4.59. The van der Waals surface area contributed by atoms with E-state index in [1.165, 1.54) is 11.8 Å². The maximum absolute atomic E-state index is 13.1. The number of ether oxygens (including phenoxy) is 1. The van der Waals surface area contributed by atoms with E-state index in [2.05, 4.69) is 4.98 Å². The molecule has 27 heavy (non-hydrogen) atoms. The summed E-state index contributed by atoms with van der Waals surface area (Å²) >= 11 is 1.47. The molecule has 2 aromatic rings. The Balaban J connectivity index is 1.56. The van der Waals surface area contributed by atoms with Crippen molar-refractivity contribution in [1.82, 2.24) is 9.88 Å². The first-order chi connectivity index (χ1) is 13.2. The molecule has 1 aromatic heterocycles. The van der Waals surface area contributed by atoms with Gasteiger partial charge in [-0.05, 0) is 43.2 Å². The average Bonchev–Trinajstić information content (AvgIpc) is 3.55. The van der Waals surface area contributed by atoms with Crippen molar-refractivity contribution in [1.29, 1.82) is 0 Å². The molecule has 0 spiro atoms. The summed E-state index contributed by atoms with van der Waals surface area (Å²) in [5.74, 6) is 0.00981. The van der Waals surface area contributed by atoms with E-state index in [0.717, 1.165) is 23.4 Å². The normalized spacial score (nSPS) is 19.3. The van der Waals surface area contributed by atoms with Gasteiger partial charge in [-0.2, -0.15) is 0 Å². The number of pyridine rings is 1. The molecular formula is C20H19N3O3S. The molecule has 5 rings (SSSR count). The predicted octanol–water partition coefficient (Wildman–Crippen LogP) is 2.83. The lowest BCUT2D eigenvalue weighted by Crippen LogP contribution is -2.40. The molecule has 6 nitrogen and oxygen atoms in total. The number of carbonyl (C=O) groups is 2. The highest BCUT2D eigenvalue weighted by molar-refractivity contribution is 7.99. The number of hydrogen-bond donors (Lipinski definition) is 0. The number of anilines is 1. The summed E-state index contributed by atoms with van der Waals surface area (Å²) < 4.78 is 5.34. The number of carbonyl (C=O) groups excluding carboxylic acids is 2. The van der Waals surface area contributed by atoms with E-state index in [1.807, 2.05) is 34.1 Å². The van der Waals surface area contributed by atoms with Gasteiger partial charge in [0.2, 0.25) is 0 Å². The van der Waals surface area contributed by atoms with Gasteiger partial charge in [-0.3, -0.25) is 9.59 Å². The number of rotatable bonds is 2. The number of fused-ring (bicyclic) bond motifs is 2. The minimum absolute atomic E-state index is 0.000828. The van der Waals surface area contributed by atoms with E-state index < -0.39 is 0 Å². The molecule has 1 saturated heterocycles. The Hall–Kier alpha value is -2.38. The fourth-order valence-electron chi connectivity index (χ4n) is 3.55. The number of hydrogen-bond acceptors (Lipinski definition) is 5. The van der Waals surface area contributed by atoms with Crippen LogP contribution in [0.2, 0.25) is 0 Å². The zero-order valence-electron chi connectivity index (χ0n) is 14.8.